The molecule has 1 atom stereocenters. The summed E-state index contributed by atoms with van der Waals surface area (Å²) in [5, 5.41) is 0. The van der Waals surface area contributed by atoms with Gasteiger partial charge in [-0.15, -0.1) is 0 Å². The first-order chi connectivity index (χ1) is 9.59. The highest BCUT2D eigenvalue weighted by molar-refractivity contribution is 5.46. The van der Waals surface area contributed by atoms with E-state index < -0.39 is 5.92 Å². The lowest BCUT2D eigenvalue weighted by Crippen LogP contribution is -2.17. The molecular formula is C14H20F2N4. The average Bonchev–Trinajstić information content (AvgIpc) is 2.64. The van der Waals surface area contributed by atoms with Crippen molar-refractivity contribution >= 4 is 5.82 Å². The van der Waals surface area contributed by atoms with Gasteiger partial charge in [0.15, 0.2) is 0 Å². The van der Waals surface area contributed by atoms with E-state index in [1.165, 1.54) is 0 Å². The van der Waals surface area contributed by atoms with Gasteiger partial charge in [0.25, 0.3) is 0 Å². The van der Waals surface area contributed by atoms with E-state index in [1.54, 1.807) is 0 Å². The van der Waals surface area contributed by atoms with Crippen LogP contribution >= 0.6 is 0 Å². The minimum atomic E-state index is -2.57. The Morgan fingerprint density at radius 2 is 1.95 bits per heavy atom. The molecule has 1 saturated carbocycles. The quantitative estimate of drug-likeness (QED) is 0.497. The number of aromatic nitrogens is 2. The van der Waals surface area contributed by atoms with Crippen LogP contribution in [-0.4, -0.2) is 15.9 Å². The second kappa shape index (κ2) is 5.24. The number of hydrogen-bond acceptors (Lipinski definition) is 4. The number of hydrogen-bond donors (Lipinski definition) is 2. The molecular weight excluding hydrogens is 262 g/mol. The van der Waals surface area contributed by atoms with E-state index in [0.29, 0.717) is 18.1 Å². The van der Waals surface area contributed by atoms with Gasteiger partial charge in [0.1, 0.15) is 11.6 Å². The van der Waals surface area contributed by atoms with E-state index in [-0.39, 0.29) is 18.8 Å². The molecule has 1 aromatic heterocycles. The van der Waals surface area contributed by atoms with E-state index >= 15 is 0 Å². The van der Waals surface area contributed by atoms with Crippen LogP contribution in [0, 0.1) is 0 Å². The molecule has 2 aliphatic rings. The van der Waals surface area contributed by atoms with Crippen LogP contribution in [0.25, 0.3) is 0 Å². The molecule has 4 nitrogen and oxygen atoms in total. The van der Waals surface area contributed by atoms with Crippen molar-refractivity contribution in [3.05, 3.63) is 17.1 Å². The molecule has 1 fully saturated rings. The predicted octanol–water partition coefficient (Wildman–Crippen LogP) is 2.93. The SMILES string of the molecule is NNc1nc(C2CCC(F)(F)C2)nc2c1CCCCC2. The predicted molar refractivity (Wildman–Crippen MR) is 72.6 cm³/mol. The van der Waals surface area contributed by atoms with Gasteiger partial charge in [-0.25, -0.2) is 24.6 Å². The van der Waals surface area contributed by atoms with Crippen molar-refractivity contribution in [3.63, 3.8) is 0 Å². The van der Waals surface area contributed by atoms with E-state index in [9.17, 15) is 8.78 Å². The van der Waals surface area contributed by atoms with E-state index in [4.69, 9.17) is 5.84 Å². The molecule has 3 N–H and O–H groups in total. The van der Waals surface area contributed by atoms with Crippen molar-refractivity contribution in [1.82, 2.24) is 9.97 Å². The Balaban J connectivity index is 1.95. The molecule has 6 heteroatoms. The largest absolute Gasteiger partial charge is 0.308 e. The Labute approximate surface area is 117 Å². The highest BCUT2D eigenvalue weighted by Gasteiger charge is 2.41. The molecule has 0 aromatic carbocycles. The number of alkyl halides is 2. The molecule has 3 rings (SSSR count). The van der Waals surface area contributed by atoms with Gasteiger partial charge in [-0.2, -0.15) is 0 Å². The zero-order valence-electron chi connectivity index (χ0n) is 11.5. The van der Waals surface area contributed by atoms with Gasteiger partial charge in [0, 0.05) is 30.0 Å². The van der Waals surface area contributed by atoms with Crippen LogP contribution in [0.4, 0.5) is 14.6 Å². The van der Waals surface area contributed by atoms with Crippen molar-refractivity contribution in [1.29, 1.82) is 0 Å². The van der Waals surface area contributed by atoms with Crippen molar-refractivity contribution in [3.8, 4) is 0 Å². The van der Waals surface area contributed by atoms with Gasteiger partial charge in [-0.1, -0.05) is 6.42 Å². The van der Waals surface area contributed by atoms with Gasteiger partial charge < -0.3 is 5.43 Å². The van der Waals surface area contributed by atoms with E-state index in [0.717, 1.165) is 43.4 Å². The summed E-state index contributed by atoms with van der Waals surface area (Å²) in [7, 11) is 0. The Kier molecular flexibility index (Phi) is 3.58. The molecule has 0 spiro atoms. The summed E-state index contributed by atoms with van der Waals surface area (Å²) in [5.41, 5.74) is 4.69. The smallest absolute Gasteiger partial charge is 0.248 e. The van der Waals surface area contributed by atoms with Crippen LogP contribution in [0.5, 0.6) is 0 Å². The summed E-state index contributed by atoms with van der Waals surface area (Å²) in [6.45, 7) is 0. The summed E-state index contributed by atoms with van der Waals surface area (Å²) in [6, 6.07) is 0. The Morgan fingerprint density at radius 1 is 1.15 bits per heavy atom. The number of nitrogens with zero attached hydrogens (tertiary/aromatic N) is 2. The first-order valence-corrected chi connectivity index (χ1v) is 7.33. The van der Waals surface area contributed by atoms with Crippen molar-refractivity contribution < 1.29 is 8.78 Å². The summed E-state index contributed by atoms with van der Waals surface area (Å²) in [4.78, 5) is 9.00. The zero-order chi connectivity index (χ0) is 14.2. The summed E-state index contributed by atoms with van der Waals surface area (Å²) in [5.74, 6) is 3.90. The Morgan fingerprint density at radius 3 is 2.65 bits per heavy atom. The number of nitrogens with one attached hydrogen (secondary N) is 1. The van der Waals surface area contributed by atoms with Crippen LogP contribution in [-0.2, 0) is 12.8 Å². The zero-order valence-corrected chi connectivity index (χ0v) is 11.5. The third kappa shape index (κ3) is 2.61. The lowest BCUT2D eigenvalue weighted by Gasteiger charge is -2.16. The van der Waals surface area contributed by atoms with E-state index in [1.807, 2.05) is 0 Å². The average molecular weight is 282 g/mol. The molecule has 1 aromatic rings. The monoisotopic (exact) mass is 282 g/mol. The van der Waals surface area contributed by atoms with Crippen molar-refractivity contribution in [2.24, 2.45) is 5.84 Å². The van der Waals surface area contributed by atoms with Crippen LogP contribution in [0.15, 0.2) is 0 Å². The standard InChI is InChI=1S/C14H20F2N4/c15-14(16)7-6-9(8-14)12-18-11-5-3-1-2-4-10(11)13(19-12)20-17/h9H,1-8,17H2,(H,18,19,20). The highest BCUT2D eigenvalue weighted by Crippen LogP contribution is 2.43. The molecule has 1 unspecified atom stereocenters. The summed E-state index contributed by atoms with van der Waals surface area (Å²) < 4.78 is 26.7. The molecule has 2 aliphatic carbocycles. The number of nitrogens with two attached hydrogens (primary N) is 1. The first kappa shape index (κ1) is 13.7. The first-order valence-electron chi connectivity index (χ1n) is 7.33. The minimum Gasteiger partial charge on any atom is -0.308 e. The number of hydrazine groups is 1. The van der Waals surface area contributed by atoms with Crippen LogP contribution in [0.2, 0.25) is 0 Å². The lowest BCUT2D eigenvalue weighted by atomic mass is 10.0. The lowest BCUT2D eigenvalue weighted by molar-refractivity contribution is 0.00753. The number of fused-ring (bicyclic) bond motifs is 1. The highest BCUT2D eigenvalue weighted by atomic mass is 19.3. The Bertz CT molecular complexity index is 504. The number of halogens is 2. The molecule has 0 saturated heterocycles. The van der Waals surface area contributed by atoms with Gasteiger partial charge in [-0.05, 0) is 32.1 Å². The fraction of sp³-hybridized carbons (Fsp3) is 0.714. The van der Waals surface area contributed by atoms with E-state index in [2.05, 4.69) is 15.4 Å². The van der Waals surface area contributed by atoms with Gasteiger partial charge in [-0.3, -0.25) is 0 Å². The molecule has 0 amide bonds. The van der Waals surface area contributed by atoms with Gasteiger partial charge >= 0.3 is 0 Å². The molecule has 0 bridgehead atoms. The number of nitrogen functional groups attached to an aromatic ring is 1. The van der Waals surface area contributed by atoms with Crippen molar-refractivity contribution in [2.45, 2.75) is 63.2 Å². The van der Waals surface area contributed by atoms with Gasteiger partial charge in [0.2, 0.25) is 5.92 Å². The molecule has 20 heavy (non-hydrogen) atoms. The molecule has 0 radical (unpaired) electrons. The number of aryl methyl sites for hydroxylation is 1. The van der Waals surface area contributed by atoms with Crippen LogP contribution in [0.3, 0.4) is 0 Å². The maximum Gasteiger partial charge on any atom is 0.248 e. The topological polar surface area (TPSA) is 63.8 Å². The third-order valence-corrected chi connectivity index (χ3v) is 4.36. The third-order valence-electron chi connectivity index (χ3n) is 4.36. The number of anilines is 1. The molecule has 110 valence electrons. The van der Waals surface area contributed by atoms with Gasteiger partial charge in [0.05, 0.1) is 0 Å². The maximum atomic E-state index is 13.4. The van der Waals surface area contributed by atoms with Crippen LogP contribution < -0.4 is 11.3 Å². The fourth-order valence-electron chi connectivity index (χ4n) is 3.26. The number of rotatable bonds is 2. The molecule has 1 heterocycles. The summed E-state index contributed by atoms with van der Waals surface area (Å²) in [6.07, 6.45) is 5.41. The minimum absolute atomic E-state index is 0.0660. The van der Waals surface area contributed by atoms with Crippen molar-refractivity contribution in [2.75, 3.05) is 5.43 Å². The fourth-order valence-corrected chi connectivity index (χ4v) is 3.26. The molecule has 0 aliphatic heterocycles. The normalized spacial score (nSPS) is 25.1. The second-order valence-corrected chi connectivity index (χ2v) is 5.86. The summed E-state index contributed by atoms with van der Waals surface area (Å²) >= 11 is 0. The Hall–Kier alpha value is -1.30. The maximum absolute atomic E-state index is 13.4. The van der Waals surface area contributed by atoms with Crippen LogP contribution in [0.1, 0.15) is 61.5 Å². The second-order valence-electron chi connectivity index (χ2n) is 5.86.